The maximum Gasteiger partial charge on any atom is 0.356 e. The Morgan fingerprint density at radius 3 is 2.86 bits per heavy atom. The molecule has 0 atom stereocenters. The number of halogens is 2. The standard InChI is InChI=1S/C14H8ClFN2O2S/c15-9-11(17)10(16)12(18-13(9)14(19)20)7-2-1-6-3-4-21-8(6)5-7/h1-5H,(H2,17,18)(H,19,20). The summed E-state index contributed by atoms with van der Waals surface area (Å²) in [6, 6.07) is 7.16. The van der Waals surface area contributed by atoms with E-state index in [2.05, 4.69) is 4.98 Å². The lowest BCUT2D eigenvalue weighted by Gasteiger charge is -2.09. The van der Waals surface area contributed by atoms with Crippen LogP contribution in [0.5, 0.6) is 0 Å². The number of anilines is 1. The first-order valence-corrected chi connectivity index (χ1v) is 7.10. The molecule has 3 N–H and O–H groups in total. The molecule has 0 fully saturated rings. The molecule has 7 heteroatoms. The second kappa shape index (κ2) is 4.98. The number of carboxylic acids is 1. The summed E-state index contributed by atoms with van der Waals surface area (Å²) in [7, 11) is 0. The van der Waals surface area contributed by atoms with Gasteiger partial charge in [-0.15, -0.1) is 11.3 Å². The minimum atomic E-state index is -1.36. The largest absolute Gasteiger partial charge is 0.476 e. The van der Waals surface area contributed by atoms with Gasteiger partial charge in [0.15, 0.2) is 11.5 Å². The molecule has 0 unspecified atom stereocenters. The number of aromatic nitrogens is 1. The maximum absolute atomic E-state index is 14.3. The monoisotopic (exact) mass is 322 g/mol. The number of rotatable bonds is 2. The summed E-state index contributed by atoms with van der Waals surface area (Å²) in [5.74, 6) is -2.17. The SMILES string of the molecule is Nc1c(F)c(-c2ccc3ccsc3c2)nc(C(=O)O)c1Cl. The summed E-state index contributed by atoms with van der Waals surface area (Å²) in [6.45, 7) is 0. The highest BCUT2D eigenvalue weighted by Crippen LogP contribution is 2.34. The Morgan fingerprint density at radius 2 is 2.14 bits per heavy atom. The number of thiophene rings is 1. The normalized spacial score (nSPS) is 11.0. The van der Waals surface area contributed by atoms with Gasteiger partial charge in [0.25, 0.3) is 0 Å². The van der Waals surface area contributed by atoms with Crippen LogP contribution in [0.3, 0.4) is 0 Å². The van der Waals surface area contributed by atoms with E-state index in [1.807, 2.05) is 17.5 Å². The predicted octanol–water partition coefficient (Wildman–Crippen LogP) is 4.04. The molecule has 2 heterocycles. The van der Waals surface area contributed by atoms with Crippen LogP contribution in [0.15, 0.2) is 29.6 Å². The van der Waals surface area contributed by atoms with Gasteiger partial charge < -0.3 is 10.8 Å². The molecule has 4 nitrogen and oxygen atoms in total. The predicted molar refractivity (Wildman–Crippen MR) is 81.4 cm³/mol. The summed E-state index contributed by atoms with van der Waals surface area (Å²) < 4.78 is 15.2. The highest BCUT2D eigenvalue weighted by atomic mass is 35.5. The first-order chi connectivity index (χ1) is 9.99. The van der Waals surface area contributed by atoms with Gasteiger partial charge in [-0.2, -0.15) is 0 Å². The number of carbonyl (C=O) groups is 1. The zero-order valence-corrected chi connectivity index (χ0v) is 12.0. The van der Waals surface area contributed by atoms with Crippen LogP contribution in [0.25, 0.3) is 21.3 Å². The lowest BCUT2D eigenvalue weighted by atomic mass is 10.1. The summed E-state index contributed by atoms with van der Waals surface area (Å²) in [4.78, 5) is 14.9. The van der Waals surface area contributed by atoms with Gasteiger partial charge in [-0.25, -0.2) is 14.2 Å². The van der Waals surface area contributed by atoms with Gasteiger partial charge in [-0.1, -0.05) is 23.7 Å². The summed E-state index contributed by atoms with van der Waals surface area (Å²) in [6.07, 6.45) is 0. The van der Waals surface area contributed by atoms with Crippen molar-refractivity contribution in [2.75, 3.05) is 5.73 Å². The lowest BCUT2D eigenvalue weighted by Crippen LogP contribution is -2.08. The fourth-order valence-corrected chi connectivity index (χ4v) is 3.03. The zero-order chi connectivity index (χ0) is 15.1. The average Bonchev–Trinajstić information content (AvgIpc) is 2.92. The molecule has 0 saturated carbocycles. The van der Waals surface area contributed by atoms with Crippen molar-refractivity contribution in [3.8, 4) is 11.3 Å². The lowest BCUT2D eigenvalue weighted by molar-refractivity contribution is 0.0691. The molecular weight excluding hydrogens is 315 g/mol. The molecule has 2 aromatic heterocycles. The van der Waals surface area contributed by atoms with Crippen LogP contribution in [0.1, 0.15) is 10.5 Å². The average molecular weight is 323 g/mol. The van der Waals surface area contributed by atoms with Gasteiger partial charge in [-0.3, -0.25) is 0 Å². The molecule has 0 spiro atoms. The van der Waals surface area contributed by atoms with Crippen LogP contribution in [0.2, 0.25) is 5.02 Å². The molecule has 0 amide bonds. The summed E-state index contributed by atoms with van der Waals surface area (Å²) >= 11 is 7.22. The van der Waals surface area contributed by atoms with Crippen molar-refractivity contribution in [2.45, 2.75) is 0 Å². The van der Waals surface area contributed by atoms with Gasteiger partial charge in [0.1, 0.15) is 5.69 Å². The van der Waals surface area contributed by atoms with E-state index in [9.17, 15) is 9.18 Å². The molecule has 3 aromatic rings. The van der Waals surface area contributed by atoms with E-state index in [1.165, 1.54) is 11.3 Å². The topological polar surface area (TPSA) is 76.2 Å². The van der Waals surface area contributed by atoms with Crippen molar-refractivity contribution in [1.29, 1.82) is 0 Å². The number of nitrogens with zero attached hydrogens (tertiary/aromatic N) is 1. The van der Waals surface area contributed by atoms with E-state index in [1.54, 1.807) is 12.1 Å². The minimum Gasteiger partial charge on any atom is -0.476 e. The molecule has 0 aliphatic heterocycles. The summed E-state index contributed by atoms with van der Waals surface area (Å²) in [5.41, 5.74) is 5.00. The number of carboxylic acid groups (broad SMARTS) is 1. The van der Waals surface area contributed by atoms with Crippen molar-refractivity contribution < 1.29 is 14.3 Å². The number of pyridine rings is 1. The Morgan fingerprint density at radius 1 is 1.38 bits per heavy atom. The first kappa shape index (κ1) is 13.8. The van der Waals surface area contributed by atoms with Gasteiger partial charge in [-0.05, 0) is 22.9 Å². The van der Waals surface area contributed by atoms with Crippen molar-refractivity contribution in [2.24, 2.45) is 0 Å². The van der Waals surface area contributed by atoms with E-state index in [-0.39, 0.29) is 10.7 Å². The number of hydrogen-bond acceptors (Lipinski definition) is 4. The van der Waals surface area contributed by atoms with Crippen LogP contribution in [-0.2, 0) is 0 Å². The number of hydrogen-bond donors (Lipinski definition) is 2. The fraction of sp³-hybridized carbons (Fsp3) is 0. The molecule has 0 saturated heterocycles. The second-order valence-corrected chi connectivity index (χ2v) is 5.65. The number of aromatic carboxylic acids is 1. The third kappa shape index (κ3) is 2.22. The van der Waals surface area contributed by atoms with Crippen molar-refractivity contribution in [3.05, 3.63) is 46.2 Å². The van der Waals surface area contributed by atoms with E-state index < -0.39 is 23.2 Å². The van der Waals surface area contributed by atoms with E-state index >= 15 is 0 Å². The molecule has 21 heavy (non-hydrogen) atoms. The molecular formula is C14H8ClFN2O2S. The van der Waals surface area contributed by atoms with Crippen LogP contribution in [0.4, 0.5) is 10.1 Å². The van der Waals surface area contributed by atoms with Crippen LogP contribution in [0, 0.1) is 5.82 Å². The molecule has 0 aliphatic carbocycles. The highest BCUT2D eigenvalue weighted by molar-refractivity contribution is 7.17. The van der Waals surface area contributed by atoms with Gasteiger partial charge in [0.05, 0.1) is 10.7 Å². The molecule has 106 valence electrons. The molecule has 0 aliphatic rings. The highest BCUT2D eigenvalue weighted by Gasteiger charge is 2.21. The van der Waals surface area contributed by atoms with E-state index in [0.717, 1.165) is 10.1 Å². The van der Waals surface area contributed by atoms with Crippen LogP contribution in [-0.4, -0.2) is 16.1 Å². The Bertz CT molecular complexity index is 879. The Kier molecular flexibility index (Phi) is 3.27. The number of nitrogen functional groups attached to an aromatic ring is 1. The number of nitrogens with two attached hydrogens (primary N) is 1. The minimum absolute atomic E-state index is 0.121. The Balaban J connectivity index is 2.28. The van der Waals surface area contributed by atoms with Gasteiger partial charge in [0, 0.05) is 10.3 Å². The molecule has 0 bridgehead atoms. The Hall–Kier alpha value is -2.18. The van der Waals surface area contributed by atoms with Crippen molar-refractivity contribution in [1.82, 2.24) is 4.98 Å². The quantitative estimate of drug-likeness (QED) is 0.746. The van der Waals surface area contributed by atoms with Gasteiger partial charge >= 0.3 is 5.97 Å². The molecule has 3 rings (SSSR count). The third-order valence-corrected chi connectivity index (χ3v) is 4.31. The smallest absolute Gasteiger partial charge is 0.356 e. The van der Waals surface area contributed by atoms with Crippen LogP contribution < -0.4 is 5.73 Å². The fourth-order valence-electron chi connectivity index (χ4n) is 2.00. The number of benzene rings is 1. The molecule has 0 radical (unpaired) electrons. The second-order valence-electron chi connectivity index (χ2n) is 4.33. The van der Waals surface area contributed by atoms with Crippen molar-refractivity contribution in [3.63, 3.8) is 0 Å². The van der Waals surface area contributed by atoms with Crippen LogP contribution >= 0.6 is 22.9 Å². The number of fused-ring (bicyclic) bond motifs is 1. The zero-order valence-electron chi connectivity index (χ0n) is 10.4. The first-order valence-electron chi connectivity index (χ1n) is 5.84. The molecule has 1 aromatic carbocycles. The Labute approximate surface area is 127 Å². The summed E-state index contributed by atoms with van der Waals surface area (Å²) in [5, 5.41) is 11.6. The van der Waals surface area contributed by atoms with E-state index in [4.69, 9.17) is 22.4 Å². The van der Waals surface area contributed by atoms with Crippen molar-refractivity contribution >= 4 is 44.7 Å². The van der Waals surface area contributed by atoms with E-state index in [0.29, 0.717) is 5.56 Å². The third-order valence-electron chi connectivity index (χ3n) is 3.04. The van der Waals surface area contributed by atoms with Gasteiger partial charge in [0.2, 0.25) is 0 Å². The maximum atomic E-state index is 14.3.